The van der Waals surface area contributed by atoms with Crippen LogP contribution in [0.3, 0.4) is 0 Å². The molecular weight excluding hydrogens is 544 g/mol. The van der Waals surface area contributed by atoms with Crippen LogP contribution < -0.4 is 25.6 Å². The summed E-state index contributed by atoms with van der Waals surface area (Å²) >= 11 is 0. The molecule has 4 heterocycles. The van der Waals surface area contributed by atoms with E-state index in [9.17, 15) is 7.54 Å². The van der Waals surface area contributed by atoms with Crippen molar-refractivity contribution in [3.63, 3.8) is 0 Å². The first-order chi connectivity index (χ1) is 21.1. The summed E-state index contributed by atoms with van der Waals surface area (Å²) in [6, 6.07) is 7.72. The van der Waals surface area contributed by atoms with Gasteiger partial charge in [-0.2, -0.15) is 4.98 Å². The minimum absolute atomic E-state index is 0.0303. The minimum Gasteiger partial charge on any atom is -0.494 e. The number of nitrogens with zero attached hydrogens (tertiary/aromatic N) is 6. The Morgan fingerprint density at radius 1 is 1.30 bits per heavy atom. The first-order valence-electron chi connectivity index (χ1n) is 15.7. The van der Waals surface area contributed by atoms with Gasteiger partial charge in [-0.25, -0.2) is 9.78 Å². The summed E-state index contributed by atoms with van der Waals surface area (Å²) < 4.78 is 29.7. The maximum Gasteiger partial charge on any atom is 0.343 e. The number of fused-ring (bicyclic) bond motifs is 1. The Labute approximate surface area is 257 Å². The molecule has 11 nitrogen and oxygen atoms in total. The molecule has 0 aliphatic carbocycles. The van der Waals surface area contributed by atoms with Gasteiger partial charge in [-0.15, -0.1) is 0 Å². The van der Waals surface area contributed by atoms with Crippen LogP contribution in [0.5, 0.6) is 5.75 Å². The Kier molecular flexibility index (Phi) is 7.65. The topological polar surface area (TPSA) is 122 Å². The highest BCUT2D eigenvalue weighted by molar-refractivity contribution is 5.96. The monoisotopic (exact) mass is 590 g/mol. The molecule has 43 heavy (non-hydrogen) atoms. The van der Waals surface area contributed by atoms with Gasteiger partial charge in [0.25, 0.3) is 0 Å². The molecule has 1 atom stereocenters. The van der Waals surface area contributed by atoms with Crippen molar-refractivity contribution in [3.05, 3.63) is 47.4 Å². The average molecular weight is 591 g/mol. The number of aromatic nitrogens is 3. The number of carbonyl (C=O) groups excluding carboxylic acids is 1. The molecule has 2 aromatic heterocycles. The molecule has 0 spiro atoms. The lowest BCUT2D eigenvalue weighted by molar-refractivity contribution is 0.0378. The van der Waals surface area contributed by atoms with Crippen molar-refractivity contribution in [3.8, 4) is 5.75 Å². The van der Waals surface area contributed by atoms with Crippen LogP contribution in [-0.2, 0) is 10.2 Å². The summed E-state index contributed by atoms with van der Waals surface area (Å²) in [4.78, 5) is 33.1. The van der Waals surface area contributed by atoms with E-state index in [1.165, 1.54) is 17.5 Å². The fraction of sp³-hybridized carbons (Fsp3) is 0.500. The van der Waals surface area contributed by atoms with Crippen molar-refractivity contribution >= 4 is 40.5 Å². The number of nitrogens with one attached hydrogen (secondary N) is 1. The first-order valence-corrected chi connectivity index (χ1v) is 14.7. The van der Waals surface area contributed by atoms with Gasteiger partial charge in [0.1, 0.15) is 11.3 Å². The zero-order valence-corrected chi connectivity index (χ0v) is 26.4. The average Bonchev–Trinajstić information content (AvgIpc) is 3.43. The van der Waals surface area contributed by atoms with Crippen LogP contribution in [0.4, 0.5) is 34.5 Å². The zero-order chi connectivity index (χ0) is 32.8. The van der Waals surface area contributed by atoms with Gasteiger partial charge < -0.3 is 35.2 Å². The summed E-state index contributed by atoms with van der Waals surface area (Å²) in [5, 5.41) is 3.19. The Bertz CT molecular complexity index is 1600. The maximum absolute atomic E-state index is 13.3. The molecule has 2 aliphatic rings. The molecule has 0 bridgehead atoms. The van der Waals surface area contributed by atoms with Gasteiger partial charge in [0.15, 0.2) is 5.82 Å². The number of benzene rings is 1. The van der Waals surface area contributed by atoms with E-state index >= 15 is 0 Å². The Balaban J connectivity index is 1.55. The Morgan fingerprint density at radius 2 is 2.07 bits per heavy atom. The molecule has 1 saturated heterocycles. The number of anilines is 6. The Hall–Kier alpha value is -4.12. The van der Waals surface area contributed by atoms with Crippen molar-refractivity contribution < 1.29 is 17.0 Å². The van der Waals surface area contributed by atoms with E-state index < -0.39 is 24.0 Å². The summed E-state index contributed by atoms with van der Waals surface area (Å²) in [7, 11) is 5.75. The van der Waals surface area contributed by atoms with Crippen molar-refractivity contribution in [2.45, 2.75) is 65.0 Å². The summed E-state index contributed by atoms with van der Waals surface area (Å²) in [5.41, 5.74) is 9.33. The summed E-state index contributed by atoms with van der Waals surface area (Å²) in [6.45, 7) is 8.87. The second-order valence-electron chi connectivity index (χ2n) is 12.2. The van der Waals surface area contributed by atoms with Crippen molar-refractivity contribution in [1.82, 2.24) is 19.9 Å². The fourth-order valence-corrected chi connectivity index (χ4v) is 5.70. The number of hydrogen-bond acceptors (Lipinski definition) is 11. The summed E-state index contributed by atoms with van der Waals surface area (Å²) in [5.74, 6) is 0.0574. The van der Waals surface area contributed by atoms with Gasteiger partial charge in [0, 0.05) is 49.5 Å². The molecule has 1 fully saturated rings. The van der Waals surface area contributed by atoms with Crippen LogP contribution in [0, 0.1) is 6.92 Å². The molecule has 2 aliphatic heterocycles. The lowest BCUT2D eigenvalue weighted by Gasteiger charge is -2.29. The zero-order valence-electron chi connectivity index (χ0n) is 28.4. The van der Waals surface area contributed by atoms with E-state index in [-0.39, 0.29) is 17.3 Å². The number of nitrogen functional groups attached to an aromatic ring is 1. The highest BCUT2D eigenvalue weighted by atomic mass is 16.5. The van der Waals surface area contributed by atoms with Crippen LogP contribution >= 0.6 is 0 Å². The predicted octanol–water partition coefficient (Wildman–Crippen LogP) is 5.04. The molecule has 230 valence electrons. The fourth-order valence-electron chi connectivity index (χ4n) is 5.70. The van der Waals surface area contributed by atoms with Crippen LogP contribution in [0.15, 0.2) is 30.5 Å². The van der Waals surface area contributed by atoms with Crippen LogP contribution in [0.25, 0.3) is 0 Å². The first kappa shape index (κ1) is 27.7. The Morgan fingerprint density at radius 3 is 2.74 bits per heavy atom. The predicted molar refractivity (Wildman–Crippen MR) is 171 cm³/mol. The molecule has 3 aromatic rings. The minimum atomic E-state index is -2.00. The van der Waals surface area contributed by atoms with Crippen LogP contribution in [0.1, 0.15) is 65.0 Å². The van der Waals surface area contributed by atoms with Crippen molar-refractivity contribution in [2.24, 2.45) is 0 Å². The van der Waals surface area contributed by atoms with E-state index in [1.54, 1.807) is 46.9 Å². The molecule has 0 amide bonds. The van der Waals surface area contributed by atoms with Gasteiger partial charge in [0.05, 0.1) is 44.4 Å². The second-order valence-corrected chi connectivity index (χ2v) is 12.2. The maximum atomic E-state index is 13.3. The number of likely N-dealkylation sites (N-methyl/N-ethyl adjacent to an activating group) is 2. The standard InChI is InChI=1S/C32H44N8O3/c1-19(2)43-30(41)22-16-34-31(37-29(22)40-18-32(4,5)28-25(40)12-11-20(3)35-28)36-24-14-23(33)26(15-27(24)42-8)39(7)17-21-10-9-13-38(21)6/h11-12,14-16,19,21H,9-10,13,17-18,33H2,1-8H3,(H,34,36,37)/t21-/m0/s1/i18D2. The van der Waals surface area contributed by atoms with E-state index in [0.717, 1.165) is 30.9 Å². The molecule has 3 N–H and O–H groups in total. The summed E-state index contributed by atoms with van der Waals surface area (Å²) in [6.07, 6.45) is 3.29. The van der Waals surface area contributed by atoms with Crippen LogP contribution in [0.2, 0.25) is 0 Å². The number of ether oxygens (including phenoxy) is 2. The number of hydrogen-bond donors (Lipinski definition) is 2. The number of aryl methyl sites for hydroxylation is 1. The number of carbonyl (C=O) groups is 1. The smallest absolute Gasteiger partial charge is 0.343 e. The highest BCUT2D eigenvalue weighted by Gasteiger charge is 2.39. The van der Waals surface area contributed by atoms with E-state index in [4.69, 9.17) is 20.2 Å². The van der Waals surface area contributed by atoms with E-state index in [2.05, 4.69) is 32.1 Å². The van der Waals surface area contributed by atoms with E-state index in [0.29, 0.717) is 34.5 Å². The van der Waals surface area contributed by atoms with Gasteiger partial charge in [-0.05, 0) is 65.4 Å². The molecular formula is C32H44N8O3. The lowest BCUT2D eigenvalue weighted by Crippen LogP contribution is -2.36. The molecule has 0 radical (unpaired) electrons. The van der Waals surface area contributed by atoms with Gasteiger partial charge in [0.2, 0.25) is 5.95 Å². The SMILES string of the molecule is [2H]C1([2H])N(c2nc(Nc3cc(N)c(N(C)C[C@@H]4CCCN4C)cc3OC)ncc2C(=O)OC(C)C)c2ccc(C)nc2C1(C)C. The van der Waals surface area contributed by atoms with E-state index in [1.807, 2.05) is 26.1 Å². The van der Waals surface area contributed by atoms with Crippen molar-refractivity contribution in [1.29, 1.82) is 0 Å². The largest absolute Gasteiger partial charge is 0.494 e. The van der Waals surface area contributed by atoms with Gasteiger partial charge in [-0.1, -0.05) is 13.8 Å². The lowest BCUT2D eigenvalue weighted by atomic mass is 9.91. The molecule has 11 heteroatoms. The third-order valence-electron chi connectivity index (χ3n) is 7.94. The van der Waals surface area contributed by atoms with Gasteiger partial charge >= 0.3 is 5.97 Å². The molecule has 1 aromatic carbocycles. The number of nitrogens with two attached hydrogens (primary N) is 1. The van der Waals surface area contributed by atoms with Gasteiger partial charge in [-0.3, -0.25) is 4.98 Å². The number of likely N-dealkylation sites (tertiary alicyclic amines) is 1. The molecule has 0 saturated carbocycles. The number of methoxy groups -OCH3 is 1. The van der Waals surface area contributed by atoms with Crippen LogP contribution in [-0.4, -0.2) is 78.8 Å². The molecule has 0 unspecified atom stereocenters. The highest BCUT2D eigenvalue weighted by Crippen LogP contribution is 2.44. The quantitative estimate of drug-likeness (QED) is 0.257. The third-order valence-corrected chi connectivity index (χ3v) is 7.94. The number of esters is 1. The number of rotatable bonds is 9. The normalized spacial score (nSPS) is 19.6. The molecule has 5 rings (SSSR count). The second kappa shape index (κ2) is 11.9. The number of pyridine rings is 1. The van der Waals surface area contributed by atoms with Crippen molar-refractivity contribution in [2.75, 3.05) is 61.6 Å². The third kappa shape index (κ3) is 6.17.